The predicted octanol–water partition coefficient (Wildman–Crippen LogP) is 1.75. The summed E-state index contributed by atoms with van der Waals surface area (Å²) < 4.78 is 24.3. The van der Waals surface area contributed by atoms with Gasteiger partial charge in [-0.3, -0.25) is 9.48 Å². The normalized spacial score (nSPS) is 16.1. The molecular formula is C15H18N4O3S. The quantitative estimate of drug-likeness (QED) is 0.868. The van der Waals surface area contributed by atoms with Crippen LogP contribution in [0.1, 0.15) is 36.2 Å². The molecule has 2 aromatic rings. The van der Waals surface area contributed by atoms with Crippen LogP contribution < -0.4 is 10.5 Å². The number of benzene rings is 1. The average molecular weight is 334 g/mol. The Morgan fingerprint density at radius 1 is 1.35 bits per heavy atom. The number of carbonyl (C=O) groups is 1. The molecule has 1 aromatic carbocycles. The van der Waals surface area contributed by atoms with Crippen molar-refractivity contribution < 1.29 is 13.2 Å². The molecule has 0 spiro atoms. The van der Waals surface area contributed by atoms with E-state index in [1.807, 2.05) is 4.68 Å². The Labute approximate surface area is 134 Å². The fraction of sp³-hybridized carbons (Fsp3) is 0.333. The number of nitrogens with two attached hydrogens (primary N) is 1. The van der Waals surface area contributed by atoms with E-state index in [1.54, 1.807) is 12.4 Å². The van der Waals surface area contributed by atoms with Crippen molar-refractivity contribution in [1.82, 2.24) is 9.78 Å². The number of anilines is 1. The molecule has 1 fully saturated rings. The monoisotopic (exact) mass is 334 g/mol. The van der Waals surface area contributed by atoms with Crippen LogP contribution in [0.15, 0.2) is 41.6 Å². The van der Waals surface area contributed by atoms with Crippen LogP contribution in [-0.2, 0) is 10.0 Å². The summed E-state index contributed by atoms with van der Waals surface area (Å²) in [6.45, 7) is 2.11. The minimum Gasteiger partial charge on any atom is -0.319 e. The molecule has 1 aromatic heterocycles. The summed E-state index contributed by atoms with van der Waals surface area (Å²) in [5.74, 6) is 0.341. The van der Waals surface area contributed by atoms with E-state index < -0.39 is 10.0 Å². The zero-order valence-electron chi connectivity index (χ0n) is 12.6. The van der Waals surface area contributed by atoms with Crippen LogP contribution in [0.25, 0.3) is 0 Å². The fourth-order valence-corrected chi connectivity index (χ4v) is 2.93. The van der Waals surface area contributed by atoms with Crippen LogP contribution in [0.2, 0.25) is 0 Å². The molecule has 3 N–H and O–H groups in total. The number of hydrogen-bond acceptors (Lipinski definition) is 4. The third-order valence-corrected chi connectivity index (χ3v) is 4.96. The van der Waals surface area contributed by atoms with Crippen molar-refractivity contribution in [2.75, 3.05) is 5.32 Å². The highest BCUT2D eigenvalue weighted by Crippen LogP contribution is 2.39. The van der Waals surface area contributed by atoms with E-state index in [4.69, 9.17) is 5.14 Å². The van der Waals surface area contributed by atoms with E-state index in [-0.39, 0.29) is 10.8 Å². The molecule has 1 saturated carbocycles. The summed E-state index contributed by atoms with van der Waals surface area (Å²) in [5, 5.41) is 12.1. The van der Waals surface area contributed by atoms with E-state index in [1.165, 1.54) is 37.1 Å². The van der Waals surface area contributed by atoms with Gasteiger partial charge in [-0.15, -0.1) is 0 Å². The third kappa shape index (κ3) is 3.59. The van der Waals surface area contributed by atoms with Crippen LogP contribution >= 0.6 is 0 Å². The van der Waals surface area contributed by atoms with Crippen molar-refractivity contribution >= 4 is 21.6 Å². The third-order valence-electron chi connectivity index (χ3n) is 4.03. The molecule has 122 valence electrons. The summed E-state index contributed by atoms with van der Waals surface area (Å²) in [4.78, 5) is 12.1. The lowest BCUT2D eigenvalue weighted by Gasteiger charge is -2.09. The van der Waals surface area contributed by atoms with Crippen molar-refractivity contribution in [3.8, 4) is 0 Å². The molecule has 3 rings (SSSR count). The summed E-state index contributed by atoms with van der Waals surface area (Å²) >= 11 is 0. The summed E-state index contributed by atoms with van der Waals surface area (Å²) in [6, 6.07) is 5.79. The predicted molar refractivity (Wildman–Crippen MR) is 85.4 cm³/mol. The number of nitrogens with one attached hydrogen (secondary N) is 1. The van der Waals surface area contributed by atoms with Gasteiger partial charge in [0.2, 0.25) is 10.0 Å². The van der Waals surface area contributed by atoms with E-state index in [9.17, 15) is 13.2 Å². The maximum Gasteiger partial charge on any atom is 0.255 e. The van der Waals surface area contributed by atoms with Gasteiger partial charge < -0.3 is 5.32 Å². The molecule has 23 heavy (non-hydrogen) atoms. The first-order chi connectivity index (χ1) is 10.8. The van der Waals surface area contributed by atoms with Gasteiger partial charge in [-0.05, 0) is 49.9 Å². The Morgan fingerprint density at radius 2 is 2.00 bits per heavy atom. The van der Waals surface area contributed by atoms with Crippen LogP contribution in [0, 0.1) is 5.92 Å². The number of nitrogens with zero attached hydrogens (tertiary/aromatic N) is 2. The first-order valence-corrected chi connectivity index (χ1v) is 8.87. The number of hydrogen-bond donors (Lipinski definition) is 2. The van der Waals surface area contributed by atoms with Gasteiger partial charge in [-0.25, -0.2) is 13.6 Å². The molecule has 1 amide bonds. The Balaban J connectivity index is 1.69. The van der Waals surface area contributed by atoms with E-state index in [0.717, 1.165) is 0 Å². The highest BCUT2D eigenvalue weighted by atomic mass is 32.2. The lowest BCUT2D eigenvalue weighted by atomic mass is 10.2. The smallest absolute Gasteiger partial charge is 0.255 e. The second-order valence-electron chi connectivity index (χ2n) is 5.81. The topological polar surface area (TPSA) is 107 Å². The minimum absolute atomic E-state index is 0.0277. The van der Waals surface area contributed by atoms with Crippen molar-refractivity contribution in [3.63, 3.8) is 0 Å². The van der Waals surface area contributed by atoms with Gasteiger partial charge in [0.25, 0.3) is 5.91 Å². The summed E-state index contributed by atoms with van der Waals surface area (Å²) in [7, 11) is -3.76. The number of rotatable bonds is 5. The SMILES string of the molecule is C[C@@H](C1CC1)n1cc(NC(=O)c2ccc(S(N)(=O)=O)cc2)cn1. The second-order valence-corrected chi connectivity index (χ2v) is 7.37. The first kappa shape index (κ1) is 15.7. The number of carbonyl (C=O) groups excluding carboxylic acids is 1. The van der Waals surface area contributed by atoms with E-state index >= 15 is 0 Å². The van der Waals surface area contributed by atoms with Gasteiger partial charge in [-0.1, -0.05) is 0 Å². The van der Waals surface area contributed by atoms with Gasteiger partial charge in [0, 0.05) is 11.8 Å². The number of aromatic nitrogens is 2. The molecule has 1 heterocycles. The standard InChI is InChI=1S/C15H18N4O3S/c1-10(11-2-3-11)19-9-13(8-17-19)18-15(20)12-4-6-14(7-5-12)23(16,21)22/h4-11H,2-3H2,1H3,(H,18,20)(H2,16,21,22)/t10-/m0/s1. The molecular weight excluding hydrogens is 316 g/mol. The fourth-order valence-electron chi connectivity index (χ4n) is 2.42. The molecule has 7 nitrogen and oxygen atoms in total. The molecule has 8 heteroatoms. The minimum atomic E-state index is -3.76. The lowest BCUT2D eigenvalue weighted by Crippen LogP contribution is -2.14. The van der Waals surface area contributed by atoms with Crippen LogP contribution in [-0.4, -0.2) is 24.1 Å². The first-order valence-electron chi connectivity index (χ1n) is 7.33. The van der Waals surface area contributed by atoms with Gasteiger partial charge in [0.15, 0.2) is 0 Å². The van der Waals surface area contributed by atoms with Gasteiger partial charge in [0.05, 0.1) is 22.8 Å². The van der Waals surface area contributed by atoms with Crippen molar-refractivity contribution in [2.24, 2.45) is 11.1 Å². The molecule has 1 aliphatic rings. The van der Waals surface area contributed by atoms with Gasteiger partial charge >= 0.3 is 0 Å². The molecule has 0 saturated heterocycles. The molecule has 1 aliphatic carbocycles. The van der Waals surface area contributed by atoms with Crippen molar-refractivity contribution in [2.45, 2.75) is 30.7 Å². The number of primary sulfonamides is 1. The maximum atomic E-state index is 12.2. The lowest BCUT2D eigenvalue weighted by molar-refractivity contribution is 0.102. The maximum absolute atomic E-state index is 12.2. The van der Waals surface area contributed by atoms with Gasteiger partial charge in [-0.2, -0.15) is 5.10 Å². The molecule has 0 radical (unpaired) electrons. The van der Waals surface area contributed by atoms with E-state index in [0.29, 0.717) is 23.2 Å². The van der Waals surface area contributed by atoms with E-state index in [2.05, 4.69) is 17.3 Å². The Morgan fingerprint density at radius 3 is 2.57 bits per heavy atom. The Kier molecular flexibility index (Phi) is 3.95. The Bertz CT molecular complexity index is 823. The summed E-state index contributed by atoms with van der Waals surface area (Å²) in [5.41, 5.74) is 0.957. The van der Waals surface area contributed by atoms with Crippen molar-refractivity contribution in [1.29, 1.82) is 0 Å². The van der Waals surface area contributed by atoms with Crippen molar-refractivity contribution in [3.05, 3.63) is 42.2 Å². The average Bonchev–Trinajstić information content (AvgIpc) is 3.26. The number of sulfonamides is 1. The highest BCUT2D eigenvalue weighted by molar-refractivity contribution is 7.89. The highest BCUT2D eigenvalue weighted by Gasteiger charge is 2.29. The molecule has 0 aliphatic heterocycles. The largest absolute Gasteiger partial charge is 0.319 e. The molecule has 0 unspecified atom stereocenters. The zero-order chi connectivity index (χ0) is 16.6. The van der Waals surface area contributed by atoms with Crippen LogP contribution in [0.4, 0.5) is 5.69 Å². The molecule has 1 atom stereocenters. The molecule has 0 bridgehead atoms. The van der Waals surface area contributed by atoms with Gasteiger partial charge in [0.1, 0.15) is 0 Å². The zero-order valence-corrected chi connectivity index (χ0v) is 13.5. The second kappa shape index (κ2) is 5.78. The van der Waals surface area contributed by atoms with Crippen LogP contribution in [0.5, 0.6) is 0 Å². The van der Waals surface area contributed by atoms with Crippen LogP contribution in [0.3, 0.4) is 0 Å². The Hall–Kier alpha value is -2.19. The summed E-state index contributed by atoms with van der Waals surface area (Å²) in [6.07, 6.45) is 5.85. The number of amides is 1.